The fraction of sp³-hybridized carbons (Fsp3) is 1.00. The zero-order valence-electron chi connectivity index (χ0n) is 8.69. The highest BCUT2D eigenvalue weighted by molar-refractivity contribution is 7.99. The van der Waals surface area contributed by atoms with E-state index < -0.39 is 10.0 Å². The predicted octanol–water partition coefficient (Wildman–Crippen LogP) is 0.430. The quantitative estimate of drug-likeness (QED) is 0.605. The predicted molar refractivity (Wildman–Crippen MR) is 61.1 cm³/mol. The van der Waals surface area contributed by atoms with Crippen LogP contribution in [0.5, 0.6) is 0 Å². The van der Waals surface area contributed by atoms with E-state index in [1.807, 2.05) is 6.92 Å². The molecule has 6 heteroatoms. The molecular weight excluding hydrogens is 222 g/mol. The first kappa shape index (κ1) is 14.2. The third-order valence-electron chi connectivity index (χ3n) is 1.64. The number of hydrogen-bond acceptors (Lipinski definition) is 4. The van der Waals surface area contributed by atoms with Gasteiger partial charge in [0.15, 0.2) is 0 Å². The summed E-state index contributed by atoms with van der Waals surface area (Å²) >= 11 is 1.79. The van der Waals surface area contributed by atoms with E-state index in [0.29, 0.717) is 0 Å². The number of sulfonamides is 1. The standard InChI is InChI=1S/C8H19NO3S2/c1-3-13-6-4-8(2)9-14(11,12)7-5-10/h8-10H,3-7H2,1-2H3. The summed E-state index contributed by atoms with van der Waals surface area (Å²) in [7, 11) is -3.28. The van der Waals surface area contributed by atoms with E-state index in [1.165, 1.54) is 0 Å². The molecule has 0 bridgehead atoms. The van der Waals surface area contributed by atoms with Gasteiger partial charge in [-0.05, 0) is 24.9 Å². The highest BCUT2D eigenvalue weighted by atomic mass is 32.2. The molecule has 4 nitrogen and oxygen atoms in total. The van der Waals surface area contributed by atoms with Crippen molar-refractivity contribution in [2.45, 2.75) is 26.3 Å². The summed E-state index contributed by atoms with van der Waals surface area (Å²) in [5, 5.41) is 8.51. The molecule has 0 saturated heterocycles. The van der Waals surface area contributed by atoms with Crippen molar-refractivity contribution < 1.29 is 13.5 Å². The lowest BCUT2D eigenvalue weighted by molar-refractivity contribution is 0.319. The summed E-state index contributed by atoms with van der Waals surface area (Å²) in [5.41, 5.74) is 0. The van der Waals surface area contributed by atoms with Gasteiger partial charge in [-0.2, -0.15) is 11.8 Å². The summed E-state index contributed by atoms with van der Waals surface area (Å²) < 4.78 is 24.9. The first-order chi connectivity index (χ1) is 6.52. The average molecular weight is 241 g/mol. The Labute approximate surface area is 90.5 Å². The smallest absolute Gasteiger partial charge is 0.214 e. The topological polar surface area (TPSA) is 66.4 Å². The Morgan fingerprint density at radius 1 is 1.50 bits per heavy atom. The van der Waals surface area contributed by atoms with E-state index in [9.17, 15) is 8.42 Å². The molecular formula is C8H19NO3S2. The maximum absolute atomic E-state index is 11.2. The van der Waals surface area contributed by atoms with Crippen molar-refractivity contribution >= 4 is 21.8 Å². The lowest BCUT2D eigenvalue weighted by Gasteiger charge is -2.12. The molecule has 0 aliphatic carbocycles. The molecule has 0 fully saturated rings. The summed E-state index contributed by atoms with van der Waals surface area (Å²) in [6.45, 7) is 3.59. The molecule has 0 radical (unpaired) electrons. The lowest BCUT2D eigenvalue weighted by atomic mass is 10.3. The molecule has 0 saturated carbocycles. The minimum atomic E-state index is -3.28. The van der Waals surface area contributed by atoms with E-state index in [2.05, 4.69) is 11.6 Å². The summed E-state index contributed by atoms with van der Waals surface area (Å²) in [6.07, 6.45) is 0.823. The molecule has 0 aliphatic heterocycles. The maximum Gasteiger partial charge on any atom is 0.214 e. The van der Waals surface area contributed by atoms with Gasteiger partial charge in [-0.1, -0.05) is 6.92 Å². The van der Waals surface area contributed by atoms with E-state index >= 15 is 0 Å². The van der Waals surface area contributed by atoms with E-state index in [0.717, 1.165) is 17.9 Å². The van der Waals surface area contributed by atoms with Gasteiger partial charge in [0.1, 0.15) is 0 Å². The van der Waals surface area contributed by atoms with Crippen LogP contribution < -0.4 is 4.72 Å². The second-order valence-electron chi connectivity index (χ2n) is 3.05. The third kappa shape index (κ3) is 7.61. The Bertz CT molecular complexity index is 229. The first-order valence-electron chi connectivity index (χ1n) is 4.70. The van der Waals surface area contributed by atoms with Crippen molar-refractivity contribution in [1.82, 2.24) is 4.72 Å². The molecule has 1 unspecified atom stereocenters. The van der Waals surface area contributed by atoms with Crippen LogP contribution >= 0.6 is 11.8 Å². The number of rotatable bonds is 8. The maximum atomic E-state index is 11.2. The Morgan fingerprint density at radius 2 is 2.14 bits per heavy atom. The van der Waals surface area contributed by atoms with Crippen LogP contribution in [0, 0.1) is 0 Å². The highest BCUT2D eigenvalue weighted by Crippen LogP contribution is 2.04. The van der Waals surface area contributed by atoms with Crippen LogP contribution in [0.15, 0.2) is 0 Å². The second-order valence-corrected chi connectivity index (χ2v) is 6.31. The number of hydrogen-bond donors (Lipinski definition) is 2. The fourth-order valence-corrected chi connectivity index (χ4v) is 2.85. The molecule has 0 aromatic heterocycles. The monoisotopic (exact) mass is 241 g/mol. The summed E-state index contributed by atoms with van der Waals surface area (Å²) in [5.74, 6) is 1.80. The van der Waals surface area contributed by atoms with Crippen molar-refractivity contribution in [2.24, 2.45) is 0 Å². The van der Waals surface area contributed by atoms with Crippen LogP contribution in [0.2, 0.25) is 0 Å². The van der Waals surface area contributed by atoms with Gasteiger partial charge in [0.25, 0.3) is 0 Å². The molecule has 0 spiro atoms. The minimum Gasteiger partial charge on any atom is -0.395 e. The van der Waals surface area contributed by atoms with Gasteiger partial charge in [0, 0.05) is 6.04 Å². The Kier molecular flexibility index (Phi) is 7.62. The molecule has 0 aromatic carbocycles. The number of aliphatic hydroxyl groups is 1. The molecule has 0 heterocycles. The lowest BCUT2D eigenvalue weighted by Crippen LogP contribution is -2.35. The minimum absolute atomic E-state index is 0.0504. The van der Waals surface area contributed by atoms with Crippen molar-refractivity contribution in [3.05, 3.63) is 0 Å². The molecule has 0 rings (SSSR count). The van der Waals surface area contributed by atoms with Crippen molar-refractivity contribution in [3.63, 3.8) is 0 Å². The van der Waals surface area contributed by atoms with Crippen LogP contribution in [-0.2, 0) is 10.0 Å². The van der Waals surface area contributed by atoms with E-state index in [4.69, 9.17) is 5.11 Å². The van der Waals surface area contributed by atoms with E-state index in [-0.39, 0.29) is 18.4 Å². The van der Waals surface area contributed by atoms with Gasteiger partial charge in [0.2, 0.25) is 10.0 Å². The zero-order valence-corrected chi connectivity index (χ0v) is 10.3. The highest BCUT2D eigenvalue weighted by Gasteiger charge is 2.12. The SMILES string of the molecule is CCSCCC(C)NS(=O)(=O)CCO. The largest absolute Gasteiger partial charge is 0.395 e. The second kappa shape index (κ2) is 7.50. The normalized spacial score (nSPS) is 14.2. The van der Waals surface area contributed by atoms with Gasteiger partial charge in [-0.25, -0.2) is 13.1 Å². The Morgan fingerprint density at radius 3 is 2.64 bits per heavy atom. The number of thioether (sulfide) groups is 1. The zero-order chi connectivity index (χ0) is 11.0. The van der Waals surface area contributed by atoms with Crippen molar-refractivity contribution in [2.75, 3.05) is 23.9 Å². The van der Waals surface area contributed by atoms with Gasteiger partial charge in [-0.3, -0.25) is 0 Å². The first-order valence-corrected chi connectivity index (χ1v) is 7.51. The molecule has 2 N–H and O–H groups in total. The summed E-state index contributed by atoms with van der Waals surface area (Å²) in [6, 6.07) is -0.0504. The average Bonchev–Trinajstić information content (AvgIpc) is 2.03. The third-order valence-corrected chi connectivity index (χ3v) is 4.05. The molecule has 86 valence electrons. The fourth-order valence-electron chi connectivity index (χ4n) is 0.949. The summed E-state index contributed by atoms with van der Waals surface area (Å²) in [4.78, 5) is 0. The Hall–Kier alpha value is 0.220. The van der Waals surface area contributed by atoms with Crippen LogP contribution in [-0.4, -0.2) is 43.4 Å². The number of aliphatic hydroxyl groups excluding tert-OH is 1. The van der Waals surface area contributed by atoms with Gasteiger partial charge in [0.05, 0.1) is 12.4 Å². The molecule has 1 atom stereocenters. The number of nitrogens with one attached hydrogen (secondary N) is 1. The molecule has 0 amide bonds. The van der Waals surface area contributed by atoms with Crippen LogP contribution in [0.1, 0.15) is 20.3 Å². The van der Waals surface area contributed by atoms with Crippen LogP contribution in [0.3, 0.4) is 0 Å². The van der Waals surface area contributed by atoms with Gasteiger partial charge < -0.3 is 5.11 Å². The van der Waals surface area contributed by atoms with Crippen LogP contribution in [0.4, 0.5) is 0 Å². The van der Waals surface area contributed by atoms with Crippen molar-refractivity contribution in [1.29, 1.82) is 0 Å². The van der Waals surface area contributed by atoms with Crippen molar-refractivity contribution in [3.8, 4) is 0 Å². The molecule has 14 heavy (non-hydrogen) atoms. The van der Waals surface area contributed by atoms with Gasteiger partial charge >= 0.3 is 0 Å². The van der Waals surface area contributed by atoms with Crippen LogP contribution in [0.25, 0.3) is 0 Å². The molecule has 0 aliphatic rings. The molecule has 0 aromatic rings. The Balaban J connectivity index is 3.75. The van der Waals surface area contributed by atoms with Gasteiger partial charge in [-0.15, -0.1) is 0 Å². The van der Waals surface area contributed by atoms with E-state index in [1.54, 1.807) is 11.8 Å².